The van der Waals surface area contributed by atoms with Gasteiger partial charge in [0.05, 0.1) is 12.5 Å². The summed E-state index contributed by atoms with van der Waals surface area (Å²) >= 11 is 0. The maximum absolute atomic E-state index is 11.2. The fourth-order valence-electron chi connectivity index (χ4n) is 1.22. The molecule has 0 aliphatic carbocycles. The molecule has 0 aliphatic heterocycles. The van der Waals surface area contributed by atoms with Crippen LogP contribution in [0.1, 0.15) is 40.0 Å². The van der Waals surface area contributed by atoms with E-state index in [0.29, 0.717) is 0 Å². The van der Waals surface area contributed by atoms with Crippen molar-refractivity contribution in [3.63, 3.8) is 0 Å². The predicted octanol–water partition coefficient (Wildman–Crippen LogP) is 2.38. The van der Waals surface area contributed by atoms with Crippen LogP contribution >= 0.6 is 0 Å². The van der Waals surface area contributed by atoms with Crippen LogP contribution in [0, 0.1) is 5.41 Å². The molecule has 0 spiro atoms. The van der Waals surface area contributed by atoms with E-state index in [1.165, 1.54) is 7.11 Å². The Bertz CT molecular complexity index is 132. The Morgan fingerprint density at radius 1 is 1.45 bits per heavy atom. The summed E-state index contributed by atoms with van der Waals surface area (Å²) < 4.78 is 4.72. The van der Waals surface area contributed by atoms with Crippen LogP contribution in [0.3, 0.4) is 0 Å². The monoisotopic (exact) mass is 158 g/mol. The smallest absolute Gasteiger partial charge is 0.311 e. The Labute approximate surface area is 68.9 Å². The van der Waals surface area contributed by atoms with Gasteiger partial charge in [-0.05, 0) is 19.8 Å². The average molecular weight is 158 g/mol. The van der Waals surface area contributed by atoms with Crippen LogP contribution in [-0.2, 0) is 9.53 Å². The number of rotatable bonds is 4. The maximum atomic E-state index is 11.2. The topological polar surface area (TPSA) is 26.3 Å². The first-order valence-electron chi connectivity index (χ1n) is 4.19. The molecule has 1 atom stereocenters. The van der Waals surface area contributed by atoms with Crippen LogP contribution in [0.4, 0.5) is 0 Å². The minimum absolute atomic E-state index is 0.0816. The lowest BCUT2D eigenvalue weighted by atomic mass is 9.83. The van der Waals surface area contributed by atoms with Crippen LogP contribution in [0.2, 0.25) is 0 Å². The molecule has 0 radical (unpaired) electrons. The first kappa shape index (κ1) is 10.5. The second-order valence-electron chi connectivity index (χ2n) is 3.16. The number of methoxy groups -OCH3 is 1. The quantitative estimate of drug-likeness (QED) is 0.587. The minimum Gasteiger partial charge on any atom is -0.469 e. The zero-order valence-corrected chi connectivity index (χ0v) is 7.94. The van der Waals surface area contributed by atoms with Gasteiger partial charge in [-0.25, -0.2) is 0 Å². The molecule has 11 heavy (non-hydrogen) atoms. The summed E-state index contributed by atoms with van der Waals surface area (Å²) in [5.41, 5.74) is -0.260. The molecule has 0 bridgehead atoms. The third kappa shape index (κ3) is 2.52. The fourth-order valence-corrected chi connectivity index (χ4v) is 1.22. The molecule has 0 fully saturated rings. The van der Waals surface area contributed by atoms with E-state index >= 15 is 0 Å². The first-order chi connectivity index (χ1) is 5.10. The second kappa shape index (κ2) is 4.37. The maximum Gasteiger partial charge on any atom is 0.311 e. The molecule has 0 aliphatic rings. The zero-order chi connectivity index (χ0) is 8.91. The molecule has 66 valence electrons. The summed E-state index contributed by atoms with van der Waals surface area (Å²) in [7, 11) is 1.45. The van der Waals surface area contributed by atoms with Gasteiger partial charge in [0.25, 0.3) is 0 Å². The average Bonchev–Trinajstić information content (AvgIpc) is 2.03. The van der Waals surface area contributed by atoms with Crippen molar-refractivity contribution in [3.05, 3.63) is 0 Å². The van der Waals surface area contributed by atoms with Crippen molar-refractivity contribution in [1.29, 1.82) is 0 Å². The lowest BCUT2D eigenvalue weighted by Crippen LogP contribution is -2.28. The van der Waals surface area contributed by atoms with Crippen LogP contribution in [0.5, 0.6) is 0 Å². The summed E-state index contributed by atoms with van der Waals surface area (Å²) in [5, 5.41) is 0. The number of esters is 1. The van der Waals surface area contributed by atoms with Crippen LogP contribution in [0.25, 0.3) is 0 Å². The van der Waals surface area contributed by atoms with Crippen molar-refractivity contribution in [2.75, 3.05) is 7.11 Å². The molecule has 0 aromatic carbocycles. The molecule has 0 N–H and O–H groups in total. The third-order valence-corrected chi connectivity index (χ3v) is 2.26. The number of ether oxygens (including phenoxy) is 1. The van der Waals surface area contributed by atoms with Crippen molar-refractivity contribution in [3.8, 4) is 0 Å². The second-order valence-corrected chi connectivity index (χ2v) is 3.16. The van der Waals surface area contributed by atoms with Crippen LogP contribution in [0.15, 0.2) is 0 Å². The Balaban J connectivity index is 4.19. The van der Waals surface area contributed by atoms with Gasteiger partial charge >= 0.3 is 5.97 Å². The molecule has 0 heterocycles. The molecule has 2 heteroatoms. The third-order valence-electron chi connectivity index (χ3n) is 2.26. The van der Waals surface area contributed by atoms with Crippen molar-refractivity contribution >= 4 is 5.97 Å². The van der Waals surface area contributed by atoms with Crippen LogP contribution in [-0.4, -0.2) is 13.1 Å². The molecular weight excluding hydrogens is 140 g/mol. The van der Waals surface area contributed by atoms with Gasteiger partial charge in [0.15, 0.2) is 0 Å². The summed E-state index contributed by atoms with van der Waals surface area (Å²) in [5.74, 6) is -0.0816. The van der Waals surface area contributed by atoms with Crippen molar-refractivity contribution in [1.82, 2.24) is 0 Å². The number of carbonyl (C=O) groups excluding carboxylic acids is 1. The highest BCUT2D eigenvalue weighted by molar-refractivity contribution is 5.76. The van der Waals surface area contributed by atoms with Gasteiger partial charge in [-0.3, -0.25) is 4.79 Å². The minimum atomic E-state index is -0.260. The largest absolute Gasteiger partial charge is 0.469 e. The fraction of sp³-hybridized carbons (Fsp3) is 0.889. The highest BCUT2D eigenvalue weighted by Crippen LogP contribution is 2.28. The van der Waals surface area contributed by atoms with E-state index in [1.807, 2.05) is 13.8 Å². The van der Waals surface area contributed by atoms with E-state index in [9.17, 15) is 4.79 Å². The molecule has 0 rings (SSSR count). The first-order valence-corrected chi connectivity index (χ1v) is 4.19. The van der Waals surface area contributed by atoms with Gasteiger partial charge in [0.1, 0.15) is 0 Å². The van der Waals surface area contributed by atoms with E-state index < -0.39 is 0 Å². The van der Waals surface area contributed by atoms with E-state index in [0.717, 1.165) is 19.3 Å². The lowest BCUT2D eigenvalue weighted by Gasteiger charge is -2.23. The van der Waals surface area contributed by atoms with Gasteiger partial charge in [-0.15, -0.1) is 0 Å². The van der Waals surface area contributed by atoms with Gasteiger partial charge in [0, 0.05) is 0 Å². The van der Waals surface area contributed by atoms with E-state index in [1.54, 1.807) is 0 Å². The zero-order valence-electron chi connectivity index (χ0n) is 7.94. The van der Waals surface area contributed by atoms with Crippen LogP contribution < -0.4 is 0 Å². The van der Waals surface area contributed by atoms with Crippen molar-refractivity contribution in [2.24, 2.45) is 5.41 Å². The van der Waals surface area contributed by atoms with Gasteiger partial charge in [-0.2, -0.15) is 0 Å². The molecule has 0 aromatic rings. The standard InChI is InChI=1S/C9H18O2/c1-5-7-9(3,6-2)8(10)11-4/h5-7H2,1-4H3/t9-/m0/s1. The molecule has 0 amide bonds. The summed E-state index contributed by atoms with van der Waals surface area (Å²) in [4.78, 5) is 11.2. The molecule has 0 saturated heterocycles. The lowest BCUT2D eigenvalue weighted by molar-refractivity contribution is -0.152. The Hall–Kier alpha value is -0.530. The highest BCUT2D eigenvalue weighted by Gasteiger charge is 2.30. The number of hydrogen-bond donors (Lipinski definition) is 0. The molecule has 0 unspecified atom stereocenters. The Morgan fingerprint density at radius 2 is 2.00 bits per heavy atom. The Kier molecular flexibility index (Phi) is 4.16. The van der Waals surface area contributed by atoms with Gasteiger partial charge in [0.2, 0.25) is 0 Å². The number of hydrogen-bond acceptors (Lipinski definition) is 2. The Morgan fingerprint density at radius 3 is 2.27 bits per heavy atom. The van der Waals surface area contributed by atoms with Gasteiger partial charge < -0.3 is 4.74 Å². The normalized spacial score (nSPS) is 15.6. The van der Waals surface area contributed by atoms with E-state index in [-0.39, 0.29) is 11.4 Å². The van der Waals surface area contributed by atoms with E-state index in [2.05, 4.69) is 6.92 Å². The summed E-state index contributed by atoms with van der Waals surface area (Å²) in [6, 6.07) is 0. The van der Waals surface area contributed by atoms with Crippen molar-refractivity contribution in [2.45, 2.75) is 40.0 Å². The summed E-state index contributed by atoms with van der Waals surface area (Å²) in [6.07, 6.45) is 2.79. The van der Waals surface area contributed by atoms with Crippen molar-refractivity contribution < 1.29 is 9.53 Å². The van der Waals surface area contributed by atoms with E-state index in [4.69, 9.17) is 4.74 Å². The number of carbonyl (C=O) groups is 1. The van der Waals surface area contributed by atoms with Gasteiger partial charge in [-0.1, -0.05) is 20.3 Å². The molecule has 0 saturated carbocycles. The molecular formula is C9H18O2. The SMILES string of the molecule is CCC[C@](C)(CC)C(=O)OC. The molecule has 0 aromatic heterocycles. The highest BCUT2D eigenvalue weighted by atomic mass is 16.5. The summed E-state index contributed by atoms with van der Waals surface area (Å²) in [6.45, 7) is 6.06. The molecule has 2 nitrogen and oxygen atoms in total. The predicted molar refractivity (Wildman–Crippen MR) is 45.3 cm³/mol.